The third-order valence-electron chi connectivity index (χ3n) is 9.84. The molecular weight excluding hydrogens is 638 g/mol. The van der Waals surface area contributed by atoms with Crippen LogP contribution in [-0.4, -0.2) is 79.2 Å². The third kappa shape index (κ3) is 6.54. The maximum Gasteiger partial charge on any atom is 0.257 e. The quantitative estimate of drug-likeness (QED) is 0.279. The summed E-state index contributed by atoms with van der Waals surface area (Å²) < 4.78 is 17.6. The number of amides is 3. The molecule has 6 rings (SSSR count). The predicted molar refractivity (Wildman–Crippen MR) is 182 cm³/mol. The number of carbonyl (C=O) groups is 3. The summed E-state index contributed by atoms with van der Waals surface area (Å²) in [7, 11) is 1.56. The van der Waals surface area contributed by atoms with Crippen molar-refractivity contribution in [3.8, 4) is 35.5 Å². The van der Waals surface area contributed by atoms with Gasteiger partial charge in [-0.1, -0.05) is 25.7 Å². The summed E-state index contributed by atoms with van der Waals surface area (Å²) in [5, 5.41) is 32.3. The van der Waals surface area contributed by atoms with E-state index in [4.69, 9.17) is 14.2 Å². The molecule has 4 aliphatic heterocycles. The highest BCUT2D eigenvalue weighted by Gasteiger charge is 2.42. The second-order valence-corrected chi connectivity index (χ2v) is 12.9. The van der Waals surface area contributed by atoms with E-state index in [-0.39, 0.29) is 52.9 Å². The molecule has 3 amide bonds. The van der Waals surface area contributed by atoms with Crippen molar-refractivity contribution in [2.45, 2.75) is 81.7 Å². The standard InChI is InChI=1S/C37H39N7O6/c1-48-32-17-26-28(41-20-24-10-8-12-43(24)35(26)46)18-33(32)50-15-7-5-3-2-4-6-14-49-31-19-29-25(16-27(31)37(21-38,22-39)23-40)36(47)44-13-9-11-30(44)34(45)42-29/h16-20,24,30H,2-15H2,1H3,(H,42,45). The van der Waals surface area contributed by atoms with Crippen LogP contribution in [0.3, 0.4) is 0 Å². The molecule has 0 aromatic heterocycles. The number of anilines is 1. The number of benzene rings is 2. The predicted octanol–water partition coefficient (Wildman–Crippen LogP) is 5.18. The first kappa shape index (κ1) is 34.3. The molecule has 2 aromatic carbocycles. The number of nitrogens with one attached hydrogen (secondary N) is 1. The minimum Gasteiger partial charge on any atom is -0.493 e. The zero-order valence-corrected chi connectivity index (χ0v) is 28.1. The van der Waals surface area contributed by atoms with E-state index >= 15 is 0 Å². The van der Waals surface area contributed by atoms with Gasteiger partial charge in [0.1, 0.15) is 30.0 Å². The Morgan fingerprint density at radius 2 is 1.44 bits per heavy atom. The lowest BCUT2D eigenvalue weighted by molar-refractivity contribution is -0.119. The van der Waals surface area contributed by atoms with Crippen LogP contribution in [0.5, 0.6) is 17.2 Å². The molecule has 13 nitrogen and oxygen atoms in total. The monoisotopic (exact) mass is 677 g/mol. The van der Waals surface area contributed by atoms with E-state index in [0.29, 0.717) is 55.2 Å². The number of hydrogen-bond acceptors (Lipinski definition) is 10. The number of aliphatic imine (C=N–C) groups is 1. The van der Waals surface area contributed by atoms with Crippen molar-refractivity contribution in [1.29, 1.82) is 15.8 Å². The molecule has 2 atom stereocenters. The Labute approximate surface area is 291 Å². The van der Waals surface area contributed by atoms with E-state index < -0.39 is 11.5 Å². The van der Waals surface area contributed by atoms with Crippen LogP contribution in [0.1, 0.15) is 90.5 Å². The molecule has 1 N–H and O–H groups in total. The van der Waals surface area contributed by atoms with Gasteiger partial charge in [-0.2, -0.15) is 15.8 Å². The van der Waals surface area contributed by atoms with Gasteiger partial charge in [0.2, 0.25) is 5.91 Å². The van der Waals surface area contributed by atoms with Crippen molar-refractivity contribution < 1.29 is 28.6 Å². The second kappa shape index (κ2) is 14.9. The highest BCUT2D eigenvalue weighted by Crippen LogP contribution is 2.40. The maximum absolute atomic E-state index is 13.4. The van der Waals surface area contributed by atoms with Gasteiger partial charge in [0.25, 0.3) is 17.2 Å². The molecule has 0 radical (unpaired) electrons. The lowest BCUT2D eigenvalue weighted by atomic mass is 9.83. The maximum atomic E-state index is 13.4. The molecule has 0 aliphatic carbocycles. The van der Waals surface area contributed by atoms with Gasteiger partial charge in [0, 0.05) is 37.0 Å². The molecule has 2 saturated heterocycles. The number of rotatable bonds is 13. The molecule has 2 unspecified atom stereocenters. The average Bonchev–Trinajstić information content (AvgIpc) is 3.79. The Morgan fingerprint density at radius 3 is 2.14 bits per heavy atom. The molecule has 50 heavy (non-hydrogen) atoms. The van der Waals surface area contributed by atoms with Gasteiger partial charge in [-0.3, -0.25) is 19.4 Å². The summed E-state index contributed by atoms with van der Waals surface area (Å²) in [4.78, 5) is 47.3. The molecule has 2 aromatic rings. The summed E-state index contributed by atoms with van der Waals surface area (Å²) in [6.45, 7) is 1.90. The number of carbonyl (C=O) groups excluding carboxylic acids is 3. The first-order valence-corrected chi connectivity index (χ1v) is 17.2. The van der Waals surface area contributed by atoms with Crippen LogP contribution in [0.2, 0.25) is 0 Å². The largest absolute Gasteiger partial charge is 0.493 e. The number of ether oxygens (including phenoxy) is 3. The number of fused-ring (bicyclic) bond motifs is 4. The average molecular weight is 678 g/mol. The normalized spacial score (nSPS) is 19.1. The molecular formula is C37H39N7O6. The molecule has 4 heterocycles. The topological polar surface area (TPSA) is 181 Å². The molecule has 0 spiro atoms. The van der Waals surface area contributed by atoms with Gasteiger partial charge in [0.05, 0.1) is 48.9 Å². The van der Waals surface area contributed by atoms with Crippen molar-refractivity contribution in [2.24, 2.45) is 4.99 Å². The number of methoxy groups -OCH3 is 1. The first-order valence-electron chi connectivity index (χ1n) is 17.2. The summed E-state index contributed by atoms with van der Waals surface area (Å²) >= 11 is 0. The number of unbranched alkanes of at least 4 members (excludes halogenated alkanes) is 5. The van der Waals surface area contributed by atoms with E-state index in [1.807, 2.05) is 11.1 Å². The molecule has 0 saturated carbocycles. The lowest BCUT2D eigenvalue weighted by Crippen LogP contribution is -2.40. The van der Waals surface area contributed by atoms with E-state index in [1.165, 1.54) is 17.0 Å². The van der Waals surface area contributed by atoms with E-state index in [9.17, 15) is 30.2 Å². The van der Waals surface area contributed by atoms with Gasteiger partial charge in [0.15, 0.2) is 11.5 Å². The third-order valence-corrected chi connectivity index (χ3v) is 9.84. The zero-order chi connectivity index (χ0) is 35.3. The Morgan fingerprint density at radius 1 is 0.800 bits per heavy atom. The summed E-state index contributed by atoms with van der Waals surface area (Å²) in [6.07, 6.45) is 10.2. The van der Waals surface area contributed by atoms with Crippen molar-refractivity contribution >= 4 is 35.3 Å². The van der Waals surface area contributed by atoms with Crippen LogP contribution in [0, 0.1) is 34.0 Å². The number of nitrogens with zero attached hydrogens (tertiary/aromatic N) is 6. The molecule has 258 valence electrons. The molecule has 0 bridgehead atoms. The molecule has 2 fully saturated rings. The Balaban J connectivity index is 0.993. The van der Waals surface area contributed by atoms with Crippen molar-refractivity contribution in [2.75, 3.05) is 38.7 Å². The smallest absolute Gasteiger partial charge is 0.257 e. The van der Waals surface area contributed by atoms with E-state index in [1.54, 1.807) is 37.5 Å². The Kier molecular flexibility index (Phi) is 10.2. The Hall–Kier alpha value is -5.61. The zero-order valence-electron chi connectivity index (χ0n) is 28.1. The SMILES string of the molecule is COc1cc2c(cc1OCCCCCCCCOc1cc3c(cc1C(C#N)(C#N)C#N)C(=O)N1CCCC1C(=O)N3)N=CC1CCCN1C2=O. The first-order chi connectivity index (χ1) is 24.3. The minimum atomic E-state index is -2.18. The van der Waals surface area contributed by atoms with Crippen LogP contribution >= 0.6 is 0 Å². The van der Waals surface area contributed by atoms with Gasteiger partial charge in [-0.05, 0) is 50.7 Å². The highest BCUT2D eigenvalue weighted by atomic mass is 16.5. The number of nitriles is 3. The van der Waals surface area contributed by atoms with Crippen LogP contribution in [0.25, 0.3) is 0 Å². The summed E-state index contributed by atoms with van der Waals surface area (Å²) in [5.74, 6) is 0.473. The van der Waals surface area contributed by atoms with Gasteiger partial charge >= 0.3 is 0 Å². The van der Waals surface area contributed by atoms with Crippen molar-refractivity contribution in [3.05, 3.63) is 41.0 Å². The molecule has 4 aliphatic rings. The minimum absolute atomic E-state index is 0.00570. The lowest BCUT2D eigenvalue weighted by Gasteiger charge is -2.21. The van der Waals surface area contributed by atoms with Crippen LogP contribution in [0.4, 0.5) is 11.4 Å². The fourth-order valence-corrected chi connectivity index (χ4v) is 7.08. The van der Waals surface area contributed by atoms with Crippen molar-refractivity contribution in [3.63, 3.8) is 0 Å². The van der Waals surface area contributed by atoms with Crippen LogP contribution in [0.15, 0.2) is 29.3 Å². The van der Waals surface area contributed by atoms with Gasteiger partial charge in [-0.15, -0.1) is 0 Å². The molecule has 13 heteroatoms. The summed E-state index contributed by atoms with van der Waals surface area (Å²) in [5.41, 5.74) is -0.700. The van der Waals surface area contributed by atoms with Gasteiger partial charge < -0.3 is 29.3 Å². The highest BCUT2D eigenvalue weighted by molar-refractivity contribution is 6.10. The fraction of sp³-hybridized carbons (Fsp3) is 0.486. The number of hydrogen-bond donors (Lipinski definition) is 1. The van der Waals surface area contributed by atoms with Gasteiger partial charge in [-0.25, -0.2) is 0 Å². The van der Waals surface area contributed by atoms with E-state index in [0.717, 1.165) is 51.5 Å². The van der Waals surface area contributed by atoms with Crippen molar-refractivity contribution in [1.82, 2.24) is 9.80 Å². The van der Waals surface area contributed by atoms with Crippen LogP contribution in [-0.2, 0) is 10.2 Å². The summed E-state index contributed by atoms with van der Waals surface area (Å²) in [6, 6.07) is 11.1. The second-order valence-electron chi connectivity index (χ2n) is 12.9. The fourth-order valence-electron chi connectivity index (χ4n) is 7.08. The van der Waals surface area contributed by atoms with Crippen LogP contribution < -0.4 is 19.5 Å². The van der Waals surface area contributed by atoms with E-state index in [2.05, 4.69) is 10.3 Å². The Bertz CT molecular complexity index is 1800.